The van der Waals surface area contributed by atoms with Crippen LogP contribution in [0.3, 0.4) is 0 Å². The van der Waals surface area contributed by atoms with Crippen LogP contribution in [0, 0.1) is 5.92 Å². The van der Waals surface area contributed by atoms with Gasteiger partial charge in [0, 0.05) is 19.1 Å². The Kier molecular flexibility index (Phi) is 4.00. The molecule has 2 heterocycles. The van der Waals surface area contributed by atoms with Crippen molar-refractivity contribution in [3.8, 4) is 0 Å². The molecule has 0 bridgehead atoms. The molecule has 88 valence electrons. The SMILES string of the molecule is CN1CC(N2CCC(CCCN)CC2)C1. The Morgan fingerprint density at radius 3 is 2.40 bits per heavy atom. The van der Waals surface area contributed by atoms with E-state index >= 15 is 0 Å². The van der Waals surface area contributed by atoms with Gasteiger partial charge in [-0.25, -0.2) is 0 Å². The van der Waals surface area contributed by atoms with Gasteiger partial charge in [0.05, 0.1) is 0 Å². The summed E-state index contributed by atoms with van der Waals surface area (Å²) in [5.41, 5.74) is 5.55. The summed E-state index contributed by atoms with van der Waals surface area (Å²) in [4.78, 5) is 5.10. The van der Waals surface area contributed by atoms with Gasteiger partial charge in [0.1, 0.15) is 0 Å². The first-order chi connectivity index (χ1) is 7.29. The average molecular weight is 211 g/mol. The third-order valence-corrected chi connectivity index (χ3v) is 4.03. The molecule has 2 saturated heterocycles. The number of hydrogen-bond acceptors (Lipinski definition) is 3. The maximum absolute atomic E-state index is 5.55. The third-order valence-electron chi connectivity index (χ3n) is 4.03. The van der Waals surface area contributed by atoms with E-state index in [1.807, 2.05) is 0 Å². The molecule has 2 aliphatic heterocycles. The molecular weight excluding hydrogens is 186 g/mol. The highest BCUT2D eigenvalue weighted by atomic mass is 15.3. The molecule has 0 saturated carbocycles. The van der Waals surface area contributed by atoms with E-state index in [2.05, 4.69) is 16.8 Å². The largest absolute Gasteiger partial charge is 0.330 e. The van der Waals surface area contributed by atoms with Crippen molar-refractivity contribution in [3.05, 3.63) is 0 Å². The molecule has 0 aromatic heterocycles. The topological polar surface area (TPSA) is 32.5 Å². The van der Waals surface area contributed by atoms with Crippen LogP contribution in [0.4, 0.5) is 0 Å². The van der Waals surface area contributed by atoms with E-state index in [-0.39, 0.29) is 0 Å². The molecule has 0 aliphatic carbocycles. The molecule has 0 aromatic rings. The van der Waals surface area contributed by atoms with Crippen molar-refractivity contribution < 1.29 is 0 Å². The summed E-state index contributed by atoms with van der Waals surface area (Å²) in [5.74, 6) is 0.961. The Morgan fingerprint density at radius 2 is 1.87 bits per heavy atom. The van der Waals surface area contributed by atoms with Crippen LogP contribution in [0.25, 0.3) is 0 Å². The summed E-state index contributed by atoms with van der Waals surface area (Å²) in [5, 5.41) is 0. The summed E-state index contributed by atoms with van der Waals surface area (Å²) in [6.07, 6.45) is 5.38. The lowest BCUT2D eigenvalue weighted by molar-refractivity contribution is 0.0283. The van der Waals surface area contributed by atoms with Crippen molar-refractivity contribution >= 4 is 0 Å². The average Bonchev–Trinajstić information content (AvgIpc) is 2.23. The number of likely N-dealkylation sites (tertiary alicyclic amines) is 2. The lowest BCUT2D eigenvalue weighted by atomic mass is 9.90. The van der Waals surface area contributed by atoms with Gasteiger partial charge in [-0.2, -0.15) is 0 Å². The molecule has 3 nitrogen and oxygen atoms in total. The number of piperidine rings is 1. The van der Waals surface area contributed by atoms with Crippen molar-refractivity contribution in [3.63, 3.8) is 0 Å². The van der Waals surface area contributed by atoms with E-state index in [0.717, 1.165) is 18.5 Å². The molecule has 0 amide bonds. The molecule has 2 fully saturated rings. The zero-order chi connectivity index (χ0) is 10.7. The van der Waals surface area contributed by atoms with Crippen molar-refractivity contribution in [2.24, 2.45) is 11.7 Å². The lowest BCUT2D eigenvalue weighted by Gasteiger charge is -2.46. The molecule has 2 aliphatic rings. The van der Waals surface area contributed by atoms with Crippen LogP contribution in [-0.4, -0.2) is 55.6 Å². The quantitative estimate of drug-likeness (QED) is 0.745. The minimum atomic E-state index is 0.866. The van der Waals surface area contributed by atoms with Crippen molar-refractivity contribution in [1.82, 2.24) is 9.80 Å². The Labute approximate surface area is 93.6 Å². The smallest absolute Gasteiger partial charge is 0.0350 e. The first-order valence-corrected chi connectivity index (χ1v) is 6.42. The molecule has 2 N–H and O–H groups in total. The van der Waals surface area contributed by atoms with Crippen LogP contribution >= 0.6 is 0 Å². The summed E-state index contributed by atoms with van der Waals surface area (Å²) in [7, 11) is 2.21. The molecular formula is C12H25N3. The summed E-state index contributed by atoms with van der Waals surface area (Å²) >= 11 is 0. The fourth-order valence-electron chi connectivity index (χ4n) is 2.91. The van der Waals surface area contributed by atoms with Gasteiger partial charge in [-0.3, -0.25) is 4.90 Å². The van der Waals surface area contributed by atoms with Gasteiger partial charge in [-0.1, -0.05) is 0 Å². The first kappa shape index (κ1) is 11.4. The fraction of sp³-hybridized carbons (Fsp3) is 1.00. The van der Waals surface area contributed by atoms with Crippen LogP contribution in [0.5, 0.6) is 0 Å². The van der Waals surface area contributed by atoms with E-state index in [1.54, 1.807) is 0 Å². The zero-order valence-electron chi connectivity index (χ0n) is 9.99. The van der Waals surface area contributed by atoms with Crippen LogP contribution in [0.1, 0.15) is 25.7 Å². The van der Waals surface area contributed by atoms with Gasteiger partial charge in [0.15, 0.2) is 0 Å². The summed E-state index contributed by atoms with van der Waals surface area (Å²) < 4.78 is 0. The summed E-state index contributed by atoms with van der Waals surface area (Å²) in [6, 6.07) is 0.866. The highest BCUT2D eigenvalue weighted by molar-refractivity contribution is 4.88. The fourth-order valence-corrected chi connectivity index (χ4v) is 2.91. The Bertz CT molecular complexity index is 181. The van der Waals surface area contributed by atoms with E-state index in [0.29, 0.717) is 0 Å². The van der Waals surface area contributed by atoms with Gasteiger partial charge >= 0.3 is 0 Å². The molecule has 3 heteroatoms. The maximum Gasteiger partial charge on any atom is 0.0350 e. The highest BCUT2D eigenvalue weighted by Gasteiger charge is 2.31. The van der Waals surface area contributed by atoms with Crippen molar-refractivity contribution in [2.45, 2.75) is 31.7 Å². The van der Waals surface area contributed by atoms with E-state index < -0.39 is 0 Å². The Balaban J connectivity index is 1.64. The van der Waals surface area contributed by atoms with Crippen LogP contribution < -0.4 is 5.73 Å². The second-order valence-electron chi connectivity index (χ2n) is 5.29. The van der Waals surface area contributed by atoms with Gasteiger partial charge in [0.2, 0.25) is 0 Å². The van der Waals surface area contributed by atoms with E-state index in [1.165, 1.54) is 51.9 Å². The Hall–Kier alpha value is -0.120. The van der Waals surface area contributed by atoms with E-state index in [9.17, 15) is 0 Å². The molecule has 0 spiro atoms. The molecule has 2 rings (SSSR count). The number of hydrogen-bond donors (Lipinski definition) is 1. The molecule has 15 heavy (non-hydrogen) atoms. The predicted octanol–water partition coefficient (Wildman–Crippen LogP) is 0.751. The van der Waals surface area contributed by atoms with E-state index in [4.69, 9.17) is 5.73 Å². The van der Waals surface area contributed by atoms with Gasteiger partial charge < -0.3 is 10.6 Å². The minimum absolute atomic E-state index is 0.866. The molecule has 0 radical (unpaired) electrons. The lowest BCUT2D eigenvalue weighted by Crippen LogP contribution is -2.59. The number of rotatable bonds is 4. The van der Waals surface area contributed by atoms with Crippen LogP contribution in [0.2, 0.25) is 0 Å². The number of likely N-dealkylation sites (N-methyl/N-ethyl adjacent to an activating group) is 1. The van der Waals surface area contributed by atoms with Crippen LogP contribution in [-0.2, 0) is 0 Å². The summed E-state index contributed by atoms with van der Waals surface area (Å²) in [6.45, 7) is 6.09. The predicted molar refractivity (Wildman–Crippen MR) is 63.9 cm³/mol. The minimum Gasteiger partial charge on any atom is -0.330 e. The standard InChI is InChI=1S/C12H25N3/c1-14-9-12(10-14)15-7-4-11(5-8-15)3-2-6-13/h11-12H,2-10,13H2,1H3. The number of nitrogens with two attached hydrogens (primary N) is 1. The van der Waals surface area contributed by atoms with Crippen LogP contribution in [0.15, 0.2) is 0 Å². The molecule has 0 aromatic carbocycles. The molecule has 0 unspecified atom stereocenters. The normalized spacial score (nSPS) is 26.8. The van der Waals surface area contributed by atoms with Crippen molar-refractivity contribution in [1.29, 1.82) is 0 Å². The number of nitrogens with zero attached hydrogens (tertiary/aromatic N) is 2. The van der Waals surface area contributed by atoms with Crippen molar-refractivity contribution in [2.75, 3.05) is 39.8 Å². The third kappa shape index (κ3) is 2.92. The Morgan fingerprint density at radius 1 is 1.20 bits per heavy atom. The molecule has 0 atom stereocenters. The zero-order valence-corrected chi connectivity index (χ0v) is 9.99. The van der Waals surface area contributed by atoms with Gasteiger partial charge in [0.25, 0.3) is 0 Å². The second-order valence-corrected chi connectivity index (χ2v) is 5.29. The van der Waals surface area contributed by atoms with Gasteiger partial charge in [-0.15, -0.1) is 0 Å². The first-order valence-electron chi connectivity index (χ1n) is 6.42. The monoisotopic (exact) mass is 211 g/mol. The maximum atomic E-state index is 5.55. The second kappa shape index (κ2) is 5.28. The highest BCUT2D eigenvalue weighted by Crippen LogP contribution is 2.25. The van der Waals surface area contributed by atoms with Gasteiger partial charge in [-0.05, 0) is 58.3 Å².